The molecule has 2 aliphatic carbocycles. The van der Waals surface area contributed by atoms with Crippen LogP contribution in [0, 0.1) is 23.7 Å². The second kappa shape index (κ2) is 7.52. The number of aromatic nitrogens is 1. The lowest BCUT2D eigenvalue weighted by Crippen LogP contribution is -2.32. The number of imide groups is 1. The number of amides is 3. The molecule has 8 heteroatoms. The molecule has 4 unspecified atom stereocenters. The second-order valence-electron chi connectivity index (χ2n) is 8.59. The Bertz CT molecular complexity index is 1300. The molecule has 1 saturated heterocycles. The number of hydrogen-bond acceptors (Lipinski definition) is 6. The quantitative estimate of drug-likeness (QED) is 0.455. The molecule has 2 aromatic carbocycles. The number of nitrogens with one attached hydrogen (secondary N) is 1. The Labute approximate surface area is 194 Å². The van der Waals surface area contributed by atoms with Crippen LogP contribution in [0.3, 0.4) is 0 Å². The van der Waals surface area contributed by atoms with Crippen LogP contribution in [0.4, 0.5) is 10.8 Å². The van der Waals surface area contributed by atoms with E-state index in [1.807, 2.05) is 25.1 Å². The first kappa shape index (κ1) is 20.1. The summed E-state index contributed by atoms with van der Waals surface area (Å²) in [5.74, 6) is 0.0526. The number of benzene rings is 2. The summed E-state index contributed by atoms with van der Waals surface area (Å²) in [4.78, 5) is 44.5. The first-order valence-electron chi connectivity index (χ1n) is 11.0. The number of thiazole rings is 1. The summed E-state index contributed by atoms with van der Waals surface area (Å²) >= 11 is 1.38. The second-order valence-corrected chi connectivity index (χ2v) is 9.62. The summed E-state index contributed by atoms with van der Waals surface area (Å²) in [6.45, 7) is 2.49. The molecule has 2 bridgehead atoms. The first-order chi connectivity index (χ1) is 16.0. The normalized spacial score (nSPS) is 25.2. The van der Waals surface area contributed by atoms with Gasteiger partial charge in [-0.25, -0.2) is 4.98 Å². The molecule has 0 spiro atoms. The van der Waals surface area contributed by atoms with E-state index in [1.165, 1.54) is 16.2 Å². The minimum atomic E-state index is -0.302. The number of nitrogens with zero attached hydrogens (tertiary/aromatic N) is 2. The lowest BCUT2D eigenvalue weighted by Gasteiger charge is -2.17. The van der Waals surface area contributed by atoms with E-state index in [-0.39, 0.29) is 41.4 Å². The van der Waals surface area contributed by atoms with Crippen molar-refractivity contribution in [2.24, 2.45) is 23.7 Å². The van der Waals surface area contributed by atoms with E-state index in [4.69, 9.17) is 4.74 Å². The minimum absolute atomic E-state index is 0.125. The van der Waals surface area contributed by atoms with Crippen LogP contribution in [-0.4, -0.2) is 29.3 Å². The molecule has 2 heterocycles. The highest BCUT2D eigenvalue weighted by Gasteiger charge is 2.59. The monoisotopic (exact) mass is 459 g/mol. The summed E-state index contributed by atoms with van der Waals surface area (Å²) in [5, 5.41) is 3.32. The molecule has 7 nitrogen and oxygen atoms in total. The fraction of sp³-hybridized carbons (Fsp3) is 0.280. The Morgan fingerprint density at radius 3 is 2.45 bits per heavy atom. The number of allylic oxidation sites excluding steroid dienone is 2. The molecule has 1 aliphatic heterocycles. The molecule has 4 atom stereocenters. The third kappa shape index (κ3) is 3.16. The molecular weight excluding hydrogens is 438 g/mol. The molecule has 6 rings (SSSR count). The largest absolute Gasteiger partial charge is 0.494 e. The third-order valence-corrected chi connectivity index (χ3v) is 7.70. The summed E-state index contributed by atoms with van der Waals surface area (Å²) in [6, 6.07) is 12.2. The predicted molar refractivity (Wildman–Crippen MR) is 125 cm³/mol. The van der Waals surface area contributed by atoms with E-state index < -0.39 is 0 Å². The van der Waals surface area contributed by atoms with Crippen molar-refractivity contribution < 1.29 is 19.1 Å². The van der Waals surface area contributed by atoms with Crippen molar-refractivity contribution >= 4 is 50.1 Å². The van der Waals surface area contributed by atoms with Crippen LogP contribution < -0.4 is 15.0 Å². The van der Waals surface area contributed by atoms with E-state index in [0.717, 1.165) is 22.4 Å². The van der Waals surface area contributed by atoms with Crippen molar-refractivity contribution in [3.63, 3.8) is 0 Å². The molecule has 3 amide bonds. The number of ether oxygens (including phenoxy) is 1. The number of carbonyl (C=O) groups excluding carboxylic acids is 3. The Morgan fingerprint density at radius 2 is 1.79 bits per heavy atom. The van der Waals surface area contributed by atoms with Gasteiger partial charge in [-0.2, -0.15) is 0 Å². The van der Waals surface area contributed by atoms with Gasteiger partial charge in [0.25, 0.3) is 5.91 Å². The summed E-state index contributed by atoms with van der Waals surface area (Å²) in [5.41, 5.74) is 1.70. The van der Waals surface area contributed by atoms with Gasteiger partial charge in [0.2, 0.25) is 11.8 Å². The highest BCUT2D eigenvalue weighted by Crippen LogP contribution is 2.53. The lowest BCUT2D eigenvalue weighted by atomic mass is 9.85. The molecule has 166 valence electrons. The maximum atomic E-state index is 13.0. The number of hydrogen-bond donors (Lipinski definition) is 1. The number of carbonyl (C=O) groups is 3. The zero-order valence-corrected chi connectivity index (χ0v) is 18.7. The summed E-state index contributed by atoms with van der Waals surface area (Å²) in [7, 11) is 0. The molecule has 33 heavy (non-hydrogen) atoms. The van der Waals surface area contributed by atoms with Gasteiger partial charge in [-0.15, -0.1) is 0 Å². The molecule has 2 fully saturated rings. The Hall–Kier alpha value is -3.52. The van der Waals surface area contributed by atoms with Gasteiger partial charge in [0.15, 0.2) is 5.13 Å². The maximum absolute atomic E-state index is 13.0. The fourth-order valence-electron chi connectivity index (χ4n) is 5.31. The lowest BCUT2D eigenvalue weighted by molar-refractivity contribution is -0.123. The Morgan fingerprint density at radius 1 is 1.09 bits per heavy atom. The molecule has 3 aromatic rings. The molecule has 0 radical (unpaired) electrons. The first-order valence-corrected chi connectivity index (χ1v) is 11.9. The van der Waals surface area contributed by atoms with Gasteiger partial charge in [0, 0.05) is 11.6 Å². The van der Waals surface area contributed by atoms with Crippen molar-refractivity contribution in [3.05, 3.63) is 60.2 Å². The van der Waals surface area contributed by atoms with E-state index in [9.17, 15) is 14.4 Å². The highest BCUT2D eigenvalue weighted by molar-refractivity contribution is 7.22. The van der Waals surface area contributed by atoms with Gasteiger partial charge in [-0.3, -0.25) is 24.6 Å². The number of anilines is 2. The van der Waals surface area contributed by atoms with Gasteiger partial charge < -0.3 is 4.74 Å². The topological polar surface area (TPSA) is 88.6 Å². The van der Waals surface area contributed by atoms with Crippen LogP contribution in [-0.2, 0) is 9.59 Å². The van der Waals surface area contributed by atoms with Crippen LogP contribution >= 0.6 is 11.3 Å². The zero-order chi connectivity index (χ0) is 22.7. The number of rotatable bonds is 5. The van der Waals surface area contributed by atoms with Crippen LogP contribution in [0.25, 0.3) is 10.2 Å². The molecule has 1 N–H and O–H groups in total. The van der Waals surface area contributed by atoms with Crippen molar-refractivity contribution in [3.8, 4) is 5.75 Å². The predicted octanol–water partition coefficient (Wildman–Crippen LogP) is 4.26. The number of fused-ring (bicyclic) bond motifs is 6. The summed E-state index contributed by atoms with van der Waals surface area (Å²) in [6.07, 6.45) is 5.06. The van der Waals surface area contributed by atoms with Gasteiger partial charge in [-0.05, 0) is 61.6 Å². The highest BCUT2D eigenvalue weighted by atomic mass is 32.1. The van der Waals surface area contributed by atoms with Gasteiger partial charge in [0.05, 0.1) is 34.3 Å². The van der Waals surface area contributed by atoms with Crippen LogP contribution in [0.15, 0.2) is 54.6 Å². The molecular formula is C25H21N3O4S. The minimum Gasteiger partial charge on any atom is -0.494 e. The van der Waals surface area contributed by atoms with Crippen molar-refractivity contribution in [2.75, 3.05) is 16.8 Å². The van der Waals surface area contributed by atoms with Crippen molar-refractivity contribution in [1.29, 1.82) is 0 Å². The zero-order valence-electron chi connectivity index (χ0n) is 17.9. The van der Waals surface area contributed by atoms with Crippen LogP contribution in [0.2, 0.25) is 0 Å². The van der Waals surface area contributed by atoms with Crippen LogP contribution in [0.5, 0.6) is 5.75 Å². The van der Waals surface area contributed by atoms with Crippen molar-refractivity contribution in [2.45, 2.75) is 13.3 Å². The molecule has 1 saturated carbocycles. The summed E-state index contributed by atoms with van der Waals surface area (Å²) < 4.78 is 6.45. The smallest absolute Gasteiger partial charge is 0.257 e. The van der Waals surface area contributed by atoms with Gasteiger partial charge in [0.1, 0.15) is 5.75 Å². The maximum Gasteiger partial charge on any atom is 0.257 e. The third-order valence-electron chi connectivity index (χ3n) is 6.75. The van der Waals surface area contributed by atoms with E-state index in [0.29, 0.717) is 23.0 Å². The van der Waals surface area contributed by atoms with Gasteiger partial charge >= 0.3 is 0 Å². The average Bonchev–Trinajstić information content (AvgIpc) is 3.57. The van der Waals surface area contributed by atoms with E-state index in [2.05, 4.69) is 22.5 Å². The molecule has 3 aliphatic rings. The molecule has 1 aromatic heterocycles. The van der Waals surface area contributed by atoms with Crippen molar-refractivity contribution in [1.82, 2.24) is 4.98 Å². The Kier molecular flexibility index (Phi) is 4.58. The van der Waals surface area contributed by atoms with Crippen LogP contribution in [0.1, 0.15) is 23.7 Å². The van der Waals surface area contributed by atoms with E-state index in [1.54, 1.807) is 24.3 Å². The average molecular weight is 460 g/mol. The van der Waals surface area contributed by atoms with E-state index >= 15 is 0 Å². The Balaban J connectivity index is 1.18. The standard InChI is InChI=1S/C25H21N3O4S/c1-2-32-17-9-10-19-18(12-17)26-25(33-19)27-22(29)13-5-7-16(8-6-13)28-23(30)20-14-3-4-15(11-14)21(20)24(28)31/h3-10,12,14-15,20-21H,2,11H2,1H3,(H,26,27,29). The fourth-order valence-corrected chi connectivity index (χ4v) is 6.15. The SMILES string of the molecule is CCOc1ccc2sc(NC(=O)c3ccc(N4C(=O)C5C6C=CC(C6)C5C4=O)cc3)nc2c1. The van der Waals surface area contributed by atoms with Gasteiger partial charge in [-0.1, -0.05) is 23.5 Å².